The van der Waals surface area contributed by atoms with E-state index in [2.05, 4.69) is 46.2 Å². The Labute approximate surface area is 181 Å². The van der Waals surface area contributed by atoms with Crippen molar-refractivity contribution < 1.29 is 0 Å². The van der Waals surface area contributed by atoms with E-state index in [0.717, 1.165) is 59.8 Å². The standard InChI is InChI=1S/C24H24ClN5/c1-17-23(18-5-3-7-20(25)13-18)16-30-24(27-17)22(15-26-30)19-6-4-8-21(14-19)29-11-9-28(2)10-12-29/h3-8,13-16H,9-12H2,1-2H3. The number of nitrogens with zero attached hydrogens (tertiary/aromatic N) is 5. The van der Waals surface area contributed by atoms with E-state index in [4.69, 9.17) is 16.6 Å². The summed E-state index contributed by atoms with van der Waals surface area (Å²) in [5, 5.41) is 5.31. The summed E-state index contributed by atoms with van der Waals surface area (Å²) in [5.41, 5.74) is 7.35. The first kappa shape index (κ1) is 19.1. The Kier molecular flexibility index (Phi) is 4.93. The second kappa shape index (κ2) is 7.74. The first-order chi connectivity index (χ1) is 14.6. The van der Waals surface area contributed by atoms with Crippen molar-refractivity contribution in [3.63, 3.8) is 0 Å². The highest BCUT2D eigenvalue weighted by Gasteiger charge is 2.16. The third kappa shape index (κ3) is 3.55. The van der Waals surface area contributed by atoms with Crippen LogP contribution < -0.4 is 4.90 Å². The molecule has 0 bridgehead atoms. The topological polar surface area (TPSA) is 36.7 Å². The molecule has 0 atom stereocenters. The normalized spacial score (nSPS) is 15.1. The van der Waals surface area contributed by atoms with Crippen molar-refractivity contribution in [1.82, 2.24) is 19.5 Å². The van der Waals surface area contributed by atoms with Crippen LogP contribution in [0.2, 0.25) is 5.02 Å². The second-order valence-corrected chi connectivity index (χ2v) is 8.35. The molecular formula is C24H24ClN5. The maximum atomic E-state index is 6.19. The molecule has 3 heterocycles. The average Bonchev–Trinajstić information content (AvgIpc) is 3.16. The molecular weight excluding hydrogens is 394 g/mol. The molecule has 152 valence electrons. The summed E-state index contributed by atoms with van der Waals surface area (Å²) in [5.74, 6) is 0. The largest absolute Gasteiger partial charge is 0.369 e. The molecule has 0 aliphatic carbocycles. The van der Waals surface area contributed by atoms with E-state index in [0.29, 0.717) is 5.02 Å². The van der Waals surface area contributed by atoms with Crippen LogP contribution in [-0.2, 0) is 0 Å². The van der Waals surface area contributed by atoms with Gasteiger partial charge in [0.1, 0.15) is 0 Å². The molecule has 5 rings (SSSR count). The molecule has 5 nitrogen and oxygen atoms in total. The lowest BCUT2D eigenvalue weighted by Crippen LogP contribution is -2.44. The van der Waals surface area contributed by atoms with Gasteiger partial charge in [0.2, 0.25) is 0 Å². The molecule has 2 aromatic heterocycles. The molecule has 0 spiro atoms. The molecule has 6 heteroatoms. The van der Waals surface area contributed by atoms with Crippen molar-refractivity contribution in [2.24, 2.45) is 0 Å². The highest BCUT2D eigenvalue weighted by atomic mass is 35.5. The highest BCUT2D eigenvalue weighted by molar-refractivity contribution is 6.30. The quantitative estimate of drug-likeness (QED) is 0.480. The molecule has 1 saturated heterocycles. The minimum Gasteiger partial charge on any atom is -0.369 e. The lowest BCUT2D eigenvalue weighted by Gasteiger charge is -2.34. The van der Waals surface area contributed by atoms with Crippen molar-refractivity contribution in [3.8, 4) is 22.3 Å². The molecule has 1 aliphatic heterocycles. The zero-order valence-electron chi connectivity index (χ0n) is 17.2. The highest BCUT2D eigenvalue weighted by Crippen LogP contribution is 2.30. The van der Waals surface area contributed by atoms with E-state index in [1.54, 1.807) is 0 Å². The zero-order chi connectivity index (χ0) is 20.7. The van der Waals surface area contributed by atoms with E-state index in [1.165, 1.54) is 5.69 Å². The molecule has 2 aromatic carbocycles. The molecule has 1 fully saturated rings. The minimum atomic E-state index is 0.717. The van der Waals surface area contributed by atoms with Gasteiger partial charge in [-0.3, -0.25) is 0 Å². The van der Waals surface area contributed by atoms with Crippen LogP contribution in [0, 0.1) is 6.92 Å². The maximum absolute atomic E-state index is 6.19. The number of rotatable bonds is 3. The summed E-state index contributed by atoms with van der Waals surface area (Å²) < 4.78 is 1.86. The monoisotopic (exact) mass is 417 g/mol. The average molecular weight is 418 g/mol. The molecule has 4 aromatic rings. The number of aryl methyl sites for hydroxylation is 1. The molecule has 0 unspecified atom stereocenters. The third-order valence-electron chi connectivity index (χ3n) is 5.85. The summed E-state index contributed by atoms with van der Waals surface area (Å²) in [6.45, 7) is 6.32. The summed E-state index contributed by atoms with van der Waals surface area (Å²) in [7, 11) is 2.18. The molecule has 0 N–H and O–H groups in total. The van der Waals surface area contributed by atoms with Crippen molar-refractivity contribution in [3.05, 3.63) is 71.6 Å². The van der Waals surface area contributed by atoms with E-state index in [-0.39, 0.29) is 0 Å². The van der Waals surface area contributed by atoms with Crippen molar-refractivity contribution >= 4 is 22.9 Å². The van der Waals surface area contributed by atoms with Crippen LogP contribution in [0.25, 0.3) is 27.9 Å². The number of halogens is 1. The fourth-order valence-electron chi connectivity index (χ4n) is 4.07. The van der Waals surface area contributed by atoms with Crippen molar-refractivity contribution in [2.75, 3.05) is 38.1 Å². The summed E-state index contributed by atoms with van der Waals surface area (Å²) in [6.07, 6.45) is 3.95. The Balaban J connectivity index is 1.53. The van der Waals surface area contributed by atoms with Gasteiger partial charge in [-0.1, -0.05) is 35.9 Å². The Morgan fingerprint density at radius 1 is 0.900 bits per heavy atom. The fourth-order valence-corrected chi connectivity index (χ4v) is 4.26. The SMILES string of the molecule is Cc1nc2c(-c3cccc(N4CCN(C)CC4)c3)cnn2cc1-c1cccc(Cl)c1. The molecule has 0 amide bonds. The summed E-state index contributed by atoms with van der Waals surface area (Å²) in [6, 6.07) is 16.6. The number of piperazine rings is 1. The van der Waals surface area contributed by atoms with Crippen LogP contribution in [0.15, 0.2) is 60.9 Å². The van der Waals surface area contributed by atoms with Gasteiger partial charge in [-0.05, 0) is 49.4 Å². The Hall–Kier alpha value is -2.89. The Morgan fingerprint density at radius 3 is 2.40 bits per heavy atom. The molecule has 1 aliphatic rings. The molecule has 0 saturated carbocycles. The Bertz CT molecular complexity index is 1210. The van der Waals surface area contributed by atoms with Crippen molar-refractivity contribution in [1.29, 1.82) is 0 Å². The summed E-state index contributed by atoms with van der Waals surface area (Å²) >= 11 is 6.19. The van der Waals surface area contributed by atoms with Crippen LogP contribution in [0.3, 0.4) is 0 Å². The molecule has 30 heavy (non-hydrogen) atoms. The number of benzene rings is 2. The first-order valence-corrected chi connectivity index (χ1v) is 10.6. The van der Waals surface area contributed by atoms with E-state index in [9.17, 15) is 0 Å². The van der Waals surface area contributed by atoms with Crippen LogP contribution >= 0.6 is 11.6 Å². The lowest BCUT2D eigenvalue weighted by atomic mass is 10.1. The van der Waals surface area contributed by atoms with Gasteiger partial charge in [-0.25, -0.2) is 9.50 Å². The Morgan fingerprint density at radius 2 is 1.63 bits per heavy atom. The second-order valence-electron chi connectivity index (χ2n) is 7.92. The minimum absolute atomic E-state index is 0.717. The van der Waals surface area contributed by atoms with Crippen LogP contribution in [-0.4, -0.2) is 52.7 Å². The number of fused-ring (bicyclic) bond motifs is 1. The first-order valence-electron chi connectivity index (χ1n) is 10.2. The lowest BCUT2D eigenvalue weighted by molar-refractivity contribution is 0.313. The van der Waals surface area contributed by atoms with Crippen molar-refractivity contribution in [2.45, 2.75) is 6.92 Å². The van der Waals surface area contributed by atoms with Gasteiger partial charge in [0.15, 0.2) is 5.65 Å². The van der Waals surface area contributed by atoms with Crippen LogP contribution in [0.1, 0.15) is 5.69 Å². The predicted molar refractivity (Wildman–Crippen MR) is 123 cm³/mol. The number of likely N-dealkylation sites (N-methyl/N-ethyl adjacent to an activating group) is 1. The van der Waals surface area contributed by atoms with E-state index >= 15 is 0 Å². The van der Waals surface area contributed by atoms with Gasteiger partial charge in [-0.15, -0.1) is 0 Å². The van der Waals surface area contributed by atoms with Gasteiger partial charge < -0.3 is 9.80 Å². The van der Waals surface area contributed by atoms with E-state index < -0.39 is 0 Å². The van der Waals surface area contributed by atoms with Gasteiger partial charge in [0.25, 0.3) is 0 Å². The van der Waals surface area contributed by atoms with Crippen LogP contribution in [0.4, 0.5) is 5.69 Å². The number of hydrogen-bond acceptors (Lipinski definition) is 4. The fraction of sp³-hybridized carbons (Fsp3) is 0.250. The van der Waals surface area contributed by atoms with Crippen LogP contribution in [0.5, 0.6) is 0 Å². The maximum Gasteiger partial charge on any atom is 0.163 e. The number of hydrogen-bond donors (Lipinski definition) is 0. The third-order valence-corrected chi connectivity index (χ3v) is 6.08. The summed E-state index contributed by atoms with van der Waals surface area (Å²) in [4.78, 5) is 9.73. The molecule has 0 radical (unpaired) electrons. The van der Waals surface area contributed by atoms with Gasteiger partial charge >= 0.3 is 0 Å². The zero-order valence-corrected chi connectivity index (χ0v) is 18.0. The predicted octanol–water partition coefficient (Wildman–Crippen LogP) is 4.78. The number of anilines is 1. The smallest absolute Gasteiger partial charge is 0.163 e. The van der Waals surface area contributed by atoms with Gasteiger partial charge in [-0.2, -0.15) is 5.10 Å². The van der Waals surface area contributed by atoms with Gasteiger partial charge in [0.05, 0.1) is 6.20 Å². The van der Waals surface area contributed by atoms with Gasteiger partial charge in [0, 0.05) is 59.9 Å². The number of aromatic nitrogens is 3. The van der Waals surface area contributed by atoms with E-state index in [1.807, 2.05) is 48.1 Å².